The van der Waals surface area contributed by atoms with Crippen LogP contribution >= 0.6 is 0 Å². The number of aliphatic hydroxyl groups is 1. The van der Waals surface area contributed by atoms with Gasteiger partial charge in [0.1, 0.15) is 5.78 Å². The Morgan fingerprint density at radius 2 is 1.67 bits per heavy atom. The van der Waals surface area contributed by atoms with Gasteiger partial charge < -0.3 is 9.53 Å². The topological polar surface area (TPSA) is 46.5 Å². The molecule has 1 aliphatic carbocycles. The highest BCUT2D eigenvalue weighted by Gasteiger charge is 2.48. The lowest BCUT2D eigenvalue weighted by molar-refractivity contribution is -0.143. The van der Waals surface area contributed by atoms with Gasteiger partial charge in [-0.15, -0.1) is 0 Å². The van der Waals surface area contributed by atoms with Crippen LogP contribution in [0.1, 0.15) is 66.7 Å². The molecule has 3 nitrogen and oxygen atoms in total. The Balaban J connectivity index is 2.89. The van der Waals surface area contributed by atoms with Crippen molar-refractivity contribution in [3.05, 3.63) is 0 Å². The van der Waals surface area contributed by atoms with Crippen molar-refractivity contribution in [3.8, 4) is 0 Å². The quantitative estimate of drug-likeness (QED) is 0.770. The summed E-state index contributed by atoms with van der Waals surface area (Å²) in [4.78, 5) is 12.2. The van der Waals surface area contributed by atoms with E-state index in [0.29, 0.717) is 0 Å². The average molecular weight is 315 g/mol. The van der Waals surface area contributed by atoms with Crippen LogP contribution in [0, 0.1) is 5.41 Å². The first-order valence-corrected chi connectivity index (χ1v) is 11.2. The summed E-state index contributed by atoms with van der Waals surface area (Å²) in [6.07, 6.45) is 3.85. The SMILES string of the molecule is CC(=O)C1(C(O)[C@@H](C)O[Si](C)(C)C(C)(C)C)CCCCC1. The van der Waals surface area contributed by atoms with Crippen molar-refractivity contribution in [2.75, 3.05) is 0 Å². The number of rotatable bonds is 5. The molecule has 0 aliphatic heterocycles. The van der Waals surface area contributed by atoms with E-state index < -0.39 is 19.8 Å². The lowest BCUT2D eigenvalue weighted by Crippen LogP contribution is -2.53. The maximum Gasteiger partial charge on any atom is 0.192 e. The van der Waals surface area contributed by atoms with Crippen LogP contribution in [-0.2, 0) is 9.22 Å². The van der Waals surface area contributed by atoms with Gasteiger partial charge in [-0.25, -0.2) is 0 Å². The number of hydrogen-bond acceptors (Lipinski definition) is 3. The van der Waals surface area contributed by atoms with Crippen LogP contribution in [0.3, 0.4) is 0 Å². The second-order valence-corrected chi connectivity index (χ2v) is 13.1. The van der Waals surface area contributed by atoms with E-state index in [1.807, 2.05) is 6.92 Å². The minimum atomic E-state index is -1.93. The minimum absolute atomic E-state index is 0.108. The largest absolute Gasteiger partial charge is 0.412 e. The zero-order chi connectivity index (χ0) is 16.5. The molecule has 1 saturated carbocycles. The number of hydrogen-bond donors (Lipinski definition) is 1. The summed E-state index contributed by atoms with van der Waals surface area (Å²) in [5, 5.41) is 11.0. The zero-order valence-corrected chi connectivity index (χ0v) is 16.0. The molecule has 0 amide bonds. The predicted octanol–water partition coefficient (Wildman–Crippen LogP) is 4.30. The molecule has 1 unspecified atom stereocenters. The van der Waals surface area contributed by atoms with Crippen molar-refractivity contribution in [1.29, 1.82) is 0 Å². The molecule has 1 rings (SSSR count). The summed E-state index contributed by atoms with van der Waals surface area (Å²) in [6, 6.07) is 0. The number of Topliss-reactive ketones (excluding diaryl/α,β-unsaturated/α-hetero) is 1. The molecule has 0 heterocycles. The molecule has 4 heteroatoms. The average Bonchev–Trinajstić information content (AvgIpc) is 2.36. The van der Waals surface area contributed by atoms with Gasteiger partial charge in [0, 0.05) is 0 Å². The van der Waals surface area contributed by atoms with Crippen LogP contribution in [0.4, 0.5) is 0 Å². The molecule has 1 N–H and O–H groups in total. The fourth-order valence-corrected chi connectivity index (χ4v) is 4.61. The Labute approximate surface area is 131 Å². The lowest BCUT2D eigenvalue weighted by atomic mass is 9.66. The third-order valence-electron chi connectivity index (χ3n) is 5.74. The number of carbonyl (C=O) groups is 1. The van der Waals surface area contributed by atoms with Crippen LogP contribution in [-0.4, -0.2) is 31.4 Å². The van der Waals surface area contributed by atoms with Crippen LogP contribution in [0.2, 0.25) is 18.1 Å². The molecule has 0 aromatic rings. The molecule has 0 spiro atoms. The van der Waals surface area contributed by atoms with E-state index in [1.54, 1.807) is 6.92 Å². The second kappa shape index (κ2) is 6.51. The highest BCUT2D eigenvalue weighted by atomic mass is 28.4. The summed E-state index contributed by atoms with van der Waals surface area (Å²) in [5.41, 5.74) is -0.583. The first-order valence-electron chi connectivity index (χ1n) is 8.31. The van der Waals surface area contributed by atoms with Crippen LogP contribution in [0.5, 0.6) is 0 Å². The molecule has 21 heavy (non-hydrogen) atoms. The van der Waals surface area contributed by atoms with Gasteiger partial charge in [-0.2, -0.15) is 0 Å². The van der Waals surface area contributed by atoms with Crippen molar-refractivity contribution < 1.29 is 14.3 Å². The number of ketones is 1. The van der Waals surface area contributed by atoms with E-state index in [0.717, 1.165) is 25.7 Å². The molecule has 0 saturated heterocycles. The van der Waals surface area contributed by atoms with E-state index in [2.05, 4.69) is 33.9 Å². The maximum atomic E-state index is 12.2. The van der Waals surface area contributed by atoms with E-state index in [4.69, 9.17) is 4.43 Å². The van der Waals surface area contributed by atoms with Gasteiger partial charge in [0.15, 0.2) is 8.32 Å². The summed E-state index contributed by atoms with van der Waals surface area (Å²) in [6.45, 7) is 14.5. The Bertz CT molecular complexity index is 365. The van der Waals surface area contributed by atoms with E-state index >= 15 is 0 Å². The van der Waals surface area contributed by atoms with E-state index in [-0.39, 0.29) is 16.9 Å². The Morgan fingerprint density at radius 1 is 1.19 bits per heavy atom. The Morgan fingerprint density at radius 3 is 2.05 bits per heavy atom. The monoisotopic (exact) mass is 314 g/mol. The molecule has 0 aromatic heterocycles. The third-order valence-corrected chi connectivity index (χ3v) is 10.3. The van der Waals surface area contributed by atoms with E-state index in [1.165, 1.54) is 6.42 Å². The molecule has 124 valence electrons. The number of aliphatic hydroxyl groups excluding tert-OH is 1. The van der Waals surface area contributed by atoms with Gasteiger partial charge in [-0.1, -0.05) is 40.0 Å². The Kier molecular flexibility index (Phi) is 5.84. The first-order chi connectivity index (χ1) is 9.44. The second-order valence-electron chi connectivity index (χ2n) is 8.30. The minimum Gasteiger partial charge on any atom is -0.412 e. The molecular weight excluding hydrogens is 280 g/mol. The van der Waals surface area contributed by atoms with Crippen LogP contribution < -0.4 is 0 Å². The van der Waals surface area contributed by atoms with Crippen molar-refractivity contribution >= 4 is 14.1 Å². The number of carbonyl (C=O) groups excluding carboxylic acids is 1. The molecule has 2 atom stereocenters. The fraction of sp³-hybridized carbons (Fsp3) is 0.941. The first kappa shape index (κ1) is 18.9. The maximum absolute atomic E-state index is 12.2. The summed E-state index contributed by atoms with van der Waals surface area (Å²) in [7, 11) is -1.93. The van der Waals surface area contributed by atoms with Crippen molar-refractivity contribution in [2.45, 2.75) is 97.1 Å². The van der Waals surface area contributed by atoms with Crippen molar-refractivity contribution in [1.82, 2.24) is 0 Å². The van der Waals surface area contributed by atoms with Crippen molar-refractivity contribution in [3.63, 3.8) is 0 Å². The molecule has 0 aromatic carbocycles. The molecule has 0 bridgehead atoms. The summed E-state index contributed by atoms with van der Waals surface area (Å²) < 4.78 is 6.33. The van der Waals surface area contributed by atoms with Crippen molar-refractivity contribution in [2.24, 2.45) is 5.41 Å². The Hall–Kier alpha value is -0.193. The zero-order valence-electron chi connectivity index (χ0n) is 15.0. The van der Waals surface area contributed by atoms with Gasteiger partial charge in [-0.3, -0.25) is 4.79 Å². The standard InChI is InChI=1S/C17H34O3Si/c1-13(20-21(6,7)16(3,4)5)15(19)17(14(2)18)11-9-8-10-12-17/h13,15,19H,8-12H2,1-7H3/t13-,15?/m1/s1. The van der Waals surface area contributed by atoms with Gasteiger partial charge >= 0.3 is 0 Å². The highest BCUT2D eigenvalue weighted by Crippen LogP contribution is 2.44. The fourth-order valence-electron chi connectivity index (χ4n) is 3.19. The highest BCUT2D eigenvalue weighted by molar-refractivity contribution is 6.74. The molecule has 1 fully saturated rings. The normalized spacial score (nSPS) is 22.7. The smallest absolute Gasteiger partial charge is 0.192 e. The van der Waals surface area contributed by atoms with Gasteiger partial charge in [0.05, 0.1) is 17.6 Å². The van der Waals surface area contributed by atoms with Crippen LogP contribution in [0.15, 0.2) is 0 Å². The molecule has 0 radical (unpaired) electrons. The molecule has 1 aliphatic rings. The third kappa shape index (κ3) is 3.96. The van der Waals surface area contributed by atoms with Gasteiger partial charge in [-0.05, 0) is 44.8 Å². The van der Waals surface area contributed by atoms with Crippen LogP contribution in [0.25, 0.3) is 0 Å². The van der Waals surface area contributed by atoms with Gasteiger partial charge in [0.25, 0.3) is 0 Å². The summed E-state index contributed by atoms with van der Waals surface area (Å²) in [5.74, 6) is 0.125. The predicted molar refractivity (Wildman–Crippen MR) is 89.9 cm³/mol. The molecular formula is C17H34O3Si. The lowest BCUT2D eigenvalue weighted by Gasteiger charge is -2.45. The van der Waals surface area contributed by atoms with E-state index in [9.17, 15) is 9.90 Å². The van der Waals surface area contributed by atoms with Gasteiger partial charge in [0.2, 0.25) is 0 Å². The summed E-state index contributed by atoms with van der Waals surface area (Å²) >= 11 is 0.